The maximum absolute atomic E-state index is 11.8. The fourth-order valence-electron chi connectivity index (χ4n) is 2.61. The summed E-state index contributed by atoms with van der Waals surface area (Å²) in [5.74, 6) is 0.00313. The average Bonchev–Trinajstić information content (AvgIpc) is 3.00. The summed E-state index contributed by atoms with van der Waals surface area (Å²) in [5, 5.41) is 15.1. The third kappa shape index (κ3) is 4.31. The topological polar surface area (TPSA) is 61.8 Å². The number of thiophene rings is 1. The summed E-state index contributed by atoms with van der Waals surface area (Å²) in [7, 11) is 0. The van der Waals surface area contributed by atoms with E-state index in [0.29, 0.717) is 26.1 Å². The van der Waals surface area contributed by atoms with Crippen LogP contribution in [-0.4, -0.2) is 36.8 Å². The molecule has 2 heterocycles. The zero-order valence-corrected chi connectivity index (χ0v) is 13.6. The molecule has 2 N–H and O–H groups in total. The van der Waals surface area contributed by atoms with Gasteiger partial charge in [0.25, 0.3) is 0 Å². The van der Waals surface area contributed by atoms with Gasteiger partial charge in [0, 0.05) is 24.4 Å². The molecule has 1 atom stereocenters. The van der Waals surface area contributed by atoms with E-state index in [1.165, 1.54) is 0 Å². The van der Waals surface area contributed by atoms with E-state index in [0.717, 1.165) is 16.3 Å². The number of carbonyl (C=O) groups excluding carboxylic acids is 1. The average molecular weight is 332 g/mol. The first-order valence-corrected chi connectivity index (χ1v) is 8.52. The summed E-state index contributed by atoms with van der Waals surface area (Å²) >= 11 is 1.64. The fraction of sp³-hybridized carbons (Fsp3) is 0.353. The lowest BCUT2D eigenvalue weighted by atomic mass is 10.2. The highest BCUT2D eigenvalue weighted by atomic mass is 32.1. The standard InChI is InChI=1S/C17H20N2O3S/c20-13(11-22-12-14-4-3-9-23-14)10-19-8-7-17(21)18-15-5-1-2-6-16(15)19/h1-6,9,13,20H,7-8,10-12H2,(H,18,21). The van der Waals surface area contributed by atoms with Gasteiger partial charge in [0.05, 0.1) is 30.7 Å². The number of aliphatic hydroxyl groups is 1. The van der Waals surface area contributed by atoms with Crippen molar-refractivity contribution in [2.24, 2.45) is 0 Å². The number of hydrogen-bond donors (Lipinski definition) is 2. The molecule has 1 aromatic heterocycles. The van der Waals surface area contributed by atoms with Crippen molar-refractivity contribution < 1.29 is 14.6 Å². The first-order chi connectivity index (χ1) is 11.2. The van der Waals surface area contributed by atoms with Crippen LogP contribution in [0.15, 0.2) is 41.8 Å². The molecular formula is C17H20N2O3S. The predicted molar refractivity (Wildman–Crippen MR) is 91.9 cm³/mol. The molecule has 122 valence electrons. The Kier molecular flexibility index (Phi) is 5.27. The highest BCUT2D eigenvalue weighted by molar-refractivity contribution is 7.09. The van der Waals surface area contributed by atoms with Crippen LogP contribution in [0.5, 0.6) is 0 Å². The molecule has 1 aliphatic heterocycles. The lowest BCUT2D eigenvalue weighted by Gasteiger charge is -2.26. The first kappa shape index (κ1) is 16.0. The molecule has 3 rings (SSSR count). The normalized spacial score (nSPS) is 15.7. The second kappa shape index (κ2) is 7.59. The first-order valence-electron chi connectivity index (χ1n) is 7.64. The molecule has 1 aliphatic rings. The van der Waals surface area contributed by atoms with Crippen molar-refractivity contribution in [1.29, 1.82) is 0 Å². The Morgan fingerprint density at radius 3 is 3.00 bits per heavy atom. The van der Waals surface area contributed by atoms with Crippen LogP contribution < -0.4 is 10.2 Å². The summed E-state index contributed by atoms with van der Waals surface area (Å²) in [4.78, 5) is 14.9. The Labute approximate surface area is 139 Å². The Bertz CT molecular complexity index is 645. The van der Waals surface area contributed by atoms with Crippen LogP contribution in [0.25, 0.3) is 0 Å². The molecule has 0 saturated heterocycles. The van der Waals surface area contributed by atoms with Crippen LogP contribution in [0.2, 0.25) is 0 Å². The molecule has 0 aliphatic carbocycles. The van der Waals surface area contributed by atoms with Crippen LogP contribution in [0.4, 0.5) is 11.4 Å². The van der Waals surface area contributed by atoms with Gasteiger partial charge in [-0.1, -0.05) is 18.2 Å². The molecular weight excluding hydrogens is 312 g/mol. The molecule has 23 heavy (non-hydrogen) atoms. The number of aliphatic hydroxyl groups excluding tert-OH is 1. The van der Waals surface area contributed by atoms with E-state index >= 15 is 0 Å². The van der Waals surface area contributed by atoms with Gasteiger partial charge in [-0.05, 0) is 23.6 Å². The summed E-state index contributed by atoms with van der Waals surface area (Å²) in [6.07, 6.45) is -0.187. The zero-order chi connectivity index (χ0) is 16.1. The monoisotopic (exact) mass is 332 g/mol. The number of benzene rings is 1. The smallest absolute Gasteiger partial charge is 0.226 e. The number of anilines is 2. The largest absolute Gasteiger partial charge is 0.389 e. The van der Waals surface area contributed by atoms with Gasteiger partial charge in [-0.3, -0.25) is 4.79 Å². The maximum atomic E-state index is 11.8. The van der Waals surface area contributed by atoms with Crippen molar-refractivity contribution >= 4 is 28.6 Å². The Morgan fingerprint density at radius 1 is 1.30 bits per heavy atom. The van der Waals surface area contributed by atoms with E-state index < -0.39 is 6.10 Å². The van der Waals surface area contributed by atoms with Crippen LogP contribution in [0, 0.1) is 0 Å². The fourth-order valence-corrected chi connectivity index (χ4v) is 3.25. The second-order valence-corrected chi connectivity index (χ2v) is 6.54. The van der Waals surface area contributed by atoms with Gasteiger partial charge in [0.1, 0.15) is 0 Å². The maximum Gasteiger partial charge on any atom is 0.226 e. The highest BCUT2D eigenvalue weighted by Crippen LogP contribution is 2.28. The number of nitrogens with zero attached hydrogens (tertiary/aromatic N) is 1. The van der Waals surface area contributed by atoms with E-state index in [9.17, 15) is 9.90 Å². The van der Waals surface area contributed by atoms with E-state index in [4.69, 9.17) is 4.74 Å². The number of nitrogens with one attached hydrogen (secondary N) is 1. The number of ether oxygens (including phenoxy) is 1. The molecule has 1 unspecified atom stereocenters. The van der Waals surface area contributed by atoms with Gasteiger partial charge >= 0.3 is 0 Å². The minimum atomic E-state index is -0.601. The number of rotatable bonds is 6. The van der Waals surface area contributed by atoms with Crippen LogP contribution in [0.1, 0.15) is 11.3 Å². The molecule has 2 aromatic rings. The van der Waals surface area contributed by atoms with Gasteiger partial charge in [0.2, 0.25) is 5.91 Å². The number of fused-ring (bicyclic) bond motifs is 1. The molecule has 0 bridgehead atoms. The Morgan fingerprint density at radius 2 is 2.17 bits per heavy atom. The van der Waals surface area contributed by atoms with Crippen LogP contribution >= 0.6 is 11.3 Å². The molecule has 6 heteroatoms. The van der Waals surface area contributed by atoms with Gasteiger partial charge in [-0.2, -0.15) is 0 Å². The molecule has 5 nitrogen and oxygen atoms in total. The van der Waals surface area contributed by atoms with Gasteiger partial charge in [0.15, 0.2) is 0 Å². The van der Waals surface area contributed by atoms with Crippen molar-refractivity contribution in [2.75, 3.05) is 29.9 Å². The summed E-state index contributed by atoms with van der Waals surface area (Å²) < 4.78 is 5.57. The van der Waals surface area contributed by atoms with Gasteiger partial charge in [-0.15, -0.1) is 11.3 Å². The minimum absolute atomic E-state index is 0.00313. The number of amides is 1. The zero-order valence-electron chi connectivity index (χ0n) is 12.8. The predicted octanol–water partition coefficient (Wildman–Crippen LogP) is 2.47. The third-order valence-corrected chi connectivity index (χ3v) is 4.54. The van der Waals surface area contributed by atoms with Crippen molar-refractivity contribution in [3.05, 3.63) is 46.7 Å². The lowest BCUT2D eigenvalue weighted by molar-refractivity contribution is -0.116. The lowest BCUT2D eigenvalue weighted by Crippen LogP contribution is -2.35. The van der Waals surface area contributed by atoms with Crippen molar-refractivity contribution in [3.63, 3.8) is 0 Å². The van der Waals surface area contributed by atoms with Crippen molar-refractivity contribution in [1.82, 2.24) is 0 Å². The number of β-amino-alcohol motifs (C(OH)–C–C–N with tert-alkyl or cyclic N) is 1. The van der Waals surface area contributed by atoms with Gasteiger partial charge in [-0.25, -0.2) is 0 Å². The molecule has 0 saturated carbocycles. The molecule has 1 amide bonds. The summed E-state index contributed by atoms with van der Waals surface area (Å²) in [6, 6.07) is 11.7. The summed E-state index contributed by atoms with van der Waals surface area (Å²) in [6.45, 7) is 1.82. The van der Waals surface area contributed by atoms with Crippen molar-refractivity contribution in [3.8, 4) is 0 Å². The van der Waals surface area contributed by atoms with E-state index in [2.05, 4.69) is 5.32 Å². The van der Waals surface area contributed by atoms with E-state index in [-0.39, 0.29) is 12.5 Å². The van der Waals surface area contributed by atoms with Crippen LogP contribution in [-0.2, 0) is 16.1 Å². The van der Waals surface area contributed by atoms with Gasteiger partial charge < -0.3 is 20.1 Å². The summed E-state index contributed by atoms with van der Waals surface area (Å²) in [5.41, 5.74) is 1.73. The van der Waals surface area contributed by atoms with Crippen LogP contribution in [0.3, 0.4) is 0 Å². The molecule has 0 spiro atoms. The third-order valence-electron chi connectivity index (χ3n) is 3.69. The van der Waals surface area contributed by atoms with E-state index in [1.54, 1.807) is 11.3 Å². The number of para-hydroxylation sites is 2. The van der Waals surface area contributed by atoms with E-state index in [1.807, 2.05) is 46.7 Å². The minimum Gasteiger partial charge on any atom is -0.389 e. The highest BCUT2D eigenvalue weighted by Gasteiger charge is 2.20. The second-order valence-electron chi connectivity index (χ2n) is 5.51. The SMILES string of the molecule is O=C1CCN(CC(O)COCc2cccs2)c2ccccc2N1. The quantitative estimate of drug-likeness (QED) is 0.853. The molecule has 0 fully saturated rings. The number of carbonyl (C=O) groups is 1. The van der Waals surface area contributed by atoms with Crippen molar-refractivity contribution in [2.45, 2.75) is 19.1 Å². The molecule has 0 radical (unpaired) electrons. The Hall–Kier alpha value is -1.89. The molecule has 1 aromatic carbocycles. The Balaban J connectivity index is 1.57. The number of hydrogen-bond acceptors (Lipinski definition) is 5.